The van der Waals surface area contributed by atoms with Crippen LogP contribution in [-0.4, -0.2) is 43.0 Å². The second kappa shape index (κ2) is 9.35. The molecule has 8 nitrogen and oxygen atoms in total. The number of ketones is 1. The fourth-order valence-electron chi connectivity index (χ4n) is 4.18. The summed E-state index contributed by atoms with van der Waals surface area (Å²) in [6, 6.07) is 14.6. The van der Waals surface area contributed by atoms with Crippen LogP contribution in [0.25, 0.3) is 5.76 Å². The van der Waals surface area contributed by atoms with E-state index in [-0.39, 0.29) is 17.7 Å². The fourth-order valence-corrected chi connectivity index (χ4v) is 4.18. The van der Waals surface area contributed by atoms with Gasteiger partial charge in [0, 0.05) is 5.56 Å². The van der Waals surface area contributed by atoms with Crippen molar-refractivity contribution >= 4 is 17.4 Å². The molecule has 1 unspecified atom stereocenters. The number of likely N-dealkylation sites (tertiary alicyclic amines) is 1. The van der Waals surface area contributed by atoms with Gasteiger partial charge in [0.05, 0.1) is 33.4 Å². The second-order valence-corrected chi connectivity index (χ2v) is 7.72. The highest BCUT2D eigenvalue weighted by atomic mass is 16.5. The van der Waals surface area contributed by atoms with E-state index in [2.05, 4.69) is 0 Å². The molecule has 2 aromatic carbocycles. The number of carbonyl (C=O) groups excluding carboxylic acids is 2. The number of aliphatic hydroxyl groups is 1. The van der Waals surface area contributed by atoms with Crippen molar-refractivity contribution in [3.63, 3.8) is 0 Å². The number of furan rings is 1. The Morgan fingerprint density at radius 1 is 0.912 bits per heavy atom. The highest BCUT2D eigenvalue weighted by Gasteiger charge is 2.48. The summed E-state index contributed by atoms with van der Waals surface area (Å²) in [4.78, 5) is 27.9. The van der Waals surface area contributed by atoms with Gasteiger partial charge in [0.1, 0.15) is 46.1 Å². The van der Waals surface area contributed by atoms with E-state index in [9.17, 15) is 14.7 Å². The van der Waals surface area contributed by atoms with Crippen LogP contribution in [0, 0.1) is 6.92 Å². The van der Waals surface area contributed by atoms with E-state index in [1.165, 1.54) is 26.2 Å². The number of hydrogen-bond donors (Lipinski definition) is 1. The molecule has 1 aliphatic heterocycles. The van der Waals surface area contributed by atoms with Crippen molar-refractivity contribution in [2.24, 2.45) is 0 Å². The van der Waals surface area contributed by atoms with Crippen LogP contribution in [0.4, 0.5) is 0 Å². The molecule has 1 amide bonds. The van der Waals surface area contributed by atoms with Gasteiger partial charge >= 0.3 is 0 Å². The third-order valence-electron chi connectivity index (χ3n) is 5.77. The fraction of sp³-hybridized carbons (Fsp3) is 0.231. The summed E-state index contributed by atoms with van der Waals surface area (Å²) in [6.07, 6.45) is 0. The number of para-hydroxylation sites is 1. The first-order chi connectivity index (χ1) is 16.4. The largest absolute Gasteiger partial charge is 0.506 e. The third-order valence-corrected chi connectivity index (χ3v) is 5.77. The van der Waals surface area contributed by atoms with Gasteiger partial charge in [-0.2, -0.15) is 0 Å². The van der Waals surface area contributed by atoms with Gasteiger partial charge in [-0.15, -0.1) is 0 Å². The van der Waals surface area contributed by atoms with Crippen molar-refractivity contribution in [3.8, 4) is 17.2 Å². The first-order valence-electron chi connectivity index (χ1n) is 10.6. The molecule has 8 heteroatoms. The van der Waals surface area contributed by atoms with Crippen LogP contribution in [0.3, 0.4) is 0 Å². The van der Waals surface area contributed by atoms with Gasteiger partial charge in [0.2, 0.25) is 0 Å². The Balaban J connectivity index is 1.92. The topological polar surface area (TPSA) is 98.4 Å². The number of Topliss-reactive ketones (excluding diaryl/α,β-unsaturated/α-hetero) is 1. The molecule has 1 N–H and O–H groups in total. The van der Waals surface area contributed by atoms with Gasteiger partial charge in [0.25, 0.3) is 11.7 Å². The number of amides is 1. The summed E-state index contributed by atoms with van der Waals surface area (Å²) in [5.74, 6) is 0.109. The number of nitrogens with zero attached hydrogens (tertiary/aromatic N) is 1. The molecule has 1 aliphatic rings. The molecule has 34 heavy (non-hydrogen) atoms. The summed E-state index contributed by atoms with van der Waals surface area (Å²) in [5.41, 5.74) is 0.767. The highest BCUT2D eigenvalue weighted by Crippen LogP contribution is 2.44. The first kappa shape index (κ1) is 23.0. The van der Waals surface area contributed by atoms with Gasteiger partial charge in [-0.05, 0) is 37.3 Å². The van der Waals surface area contributed by atoms with Gasteiger partial charge in [-0.3, -0.25) is 9.59 Å². The number of methoxy groups -OCH3 is 3. The monoisotopic (exact) mass is 463 g/mol. The molecule has 4 rings (SSSR count). The Bertz CT molecular complexity index is 1250. The number of benzene rings is 2. The van der Waals surface area contributed by atoms with Crippen molar-refractivity contribution in [1.82, 2.24) is 4.90 Å². The van der Waals surface area contributed by atoms with E-state index in [0.29, 0.717) is 34.3 Å². The van der Waals surface area contributed by atoms with Crippen LogP contribution < -0.4 is 14.2 Å². The van der Waals surface area contributed by atoms with E-state index >= 15 is 0 Å². The Morgan fingerprint density at radius 2 is 1.53 bits per heavy atom. The van der Waals surface area contributed by atoms with Crippen LogP contribution in [0.2, 0.25) is 0 Å². The molecular weight excluding hydrogens is 438 g/mol. The van der Waals surface area contributed by atoms with Crippen molar-refractivity contribution < 1.29 is 33.3 Å². The predicted molar refractivity (Wildman–Crippen MR) is 124 cm³/mol. The molecular formula is C26H25NO7. The molecule has 1 atom stereocenters. The first-order valence-corrected chi connectivity index (χ1v) is 10.6. The van der Waals surface area contributed by atoms with E-state index in [0.717, 1.165) is 0 Å². The minimum atomic E-state index is -0.965. The van der Waals surface area contributed by atoms with E-state index in [1.54, 1.807) is 43.3 Å². The maximum atomic E-state index is 13.3. The van der Waals surface area contributed by atoms with E-state index in [4.69, 9.17) is 18.6 Å². The van der Waals surface area contributed by atoms with Gasteiger partial charge in [-0.25, -0.2) is 0 Å². The average Bonchev–Trinajstić information content (AvgIpc) is 3.39. The number of aliphatic hydroxyl groups excluding tert-OH is 1. The maximum absolute atomic E-state index is 13.3. The SMILES string of the molecule is COc1ccccc1CN1C(=O)C(=O)/C(=C(/O)c2c(OC)cccc2OC)C1c1ccc(C)o1. The molecule has 1 saturated heterocycles. The van der Waals surface area contributed by atoms with Crippen LogP contribution in [0.15, 0.2) is 64.6 Å². The lowest BCUT2D eigenvalue weighted by molar-refractivity contribution is -0.140. The zero-order valence-electron chi connectivity index (χ0n) is 19.3. The van der Waals surface area contributed by atoms with Crippen molar-refractivity contribution in [2.45, 2.75) is 19.5 Å². The zero-order chi connectivity index (χ0) is 24.4. The van der Waals surface area contributed by atoms with Gasteiger partial charge in [0.15, 0.2) is 0 Å². The molecule has 0 spiro atoms. The minimum absolute atomic E-state index is 0.0683. The van der Waals surface area contributed by atoms with Gasteiger partial charge in [-0.1, -0.05) is 24.3 Å². The molecule has 0 aliphatic carbocycles. The number of ether oxygens (including phenoxy) is 3. The van der Waals surface area contributed by atoms with Crippen molar-refractivity contribution in [2.75, 3.05) is 21.3 Å². The molecule has 3 aromatic rings. The Labute approximate surface area is 197 Å². The lowest BCUT2D eigenvalue weighted by Crippen LogP contribution is -2.29. The van der Waals surface area contributed by atoms with Crippen LogP contribution in [0.5, 0.6) is 17.2 Å². The summed E-state index contributed by atoms with van der Waals surface area (Å²) in [5, 5.41) is 11.4. The van der Waals surface area contributed by atoms with Crippen LogP contribution in [-0.2, 0) is 16.1 Å². The van der Waals surface area contributed by atoms with Crippen LogP contribution >= 0.6 is 0 Å². The predicted octanol–water partition coefficient (Wildman–Crippen LogP) is 4.24. The molecule has 0 radical (unpaired) electrons. The molecule has 0 bridgehead atoms. The zero-order valence-corrected chi connectivity index (χ0v) is 19.3. The van der Waals surface area contributed by atoms with Crippen LogP contribution in [0.1, 0.15) is 28.7 Å². The number of hydrogen-bond acceptors (Lipinski definition) is 7. The molecule has 176 valence electrons. The molecule has 1 fully saturated rings. The third kappa shape index (κ3) is 3.87. The Hall–Kier alpha value is -4.20. The van der Waals surface area contributed by atoms with E-state index in [1.807, 2.05) is 18.2 Å². The smallest absolute Gasteiger partial charge is 0.296 e. The summed E-state index contributed by atoms with van der Waals surface area (Å²) in [7, 11) is 4.42. The molecule has 1 aromatic heterocycles. The number of rotatable bonds is 7. The van der Waals surface area contributed by atoms with Gasteiger partial charge < -0.3 is 28.6 Å². The summed E-state index contributed by atoms with van der Waals surface area (Å²) < 4.78 is 22.1. The average molecular weight is 463 g/mol. The maximum Gasteiger partial charge on any atom is 0.296 e. The Kier molecular flexibility index (Phi) is 6.32. The van der Waals surface area contributed by atoms with Crippen molar-refractivity contribution in [3.05, 3.63) is 82.8 Å². The minimum Gasteiger partial charge on any atom is -0.506 e. The molecule has 2 heterocycles. The normalized spacial score (nSPS) is 17.2. The second-order valence-electron chi connectivity index (χ2n) is 7.72. The molecule has 0 saturated carbocycles. The van der Waals surface area contributed by atoms with E-state index < -0.39 is 23.5 Å². The highest BCUT2D eigenvalue weighted by molar-refractivity contribution is 6.46. The number of carbonyl (C=O) groups is 2. The summed E-state index contributed by atoms with van der Waals surface area (Å²) in [6.45, 7) is 1.83. The number of aryl methyl sites for hydroxylation is 1. The lowest BCUT2D eigenvalue weighted by atomic mass is 9.98. The van der Waals surface area contributed by atoms with Crippen molar-refractivity contribution in [1.29, 1.82) is 0 Å². The lowest BCUT2D eigenvalue weighted by Gasteiger charge is -2.24. The summed E-state index contributed by atoms with van der Waals surface area (Å²) >= 11 is 0. The Morgan fingerprint density at radius 3 is 2.12 bits per heavy atom. The standard InChI is InChI=1S/C26H25NO7/c1-15-12-13-20(34-15)23-22(24(28)21-18(32-3)10-7-11-19(21)33-4)25(29)26(30)27(23)14-16-8-5-6-9-17(16)31-2/h5-13,23,28H,14H2,1-4H3/b24-22+. The quantitative estimate of drug-likeness (QED) is 0.318.